The van der Waals surface area contributed by atoms with Crippen molar-refractivity contribution in [2.24, 2.45) is 11.8 Å². The van der Waals surface area contributed by atoms with Crippen LogP contribution in [0.5, 0.6) is 0 Å². The van der Waals surface area contributed by atoms with Gasteiger partial charge in [-0.05, 0) is 56.3 Å². The third-order valence-electron chi connectivity index (χ3n) is 5.52. The zero-order valence-electron chi connectivity index (χ0n) is 16.6. The molecule has 0 saturated carbocycles. The number of piperidine rings is 1. The maximum absolute atomic E-state index is 12.4. The zero-order chi connectivity index (χ0) is 19.9. The molecule has 1 amide bonds. The van der Waals surface area contributed by atoms with Crippen molar-refractivity contribution in [3.05, 3.63) is 30.6 Å². The van der Waals surface area contributed by atoms with Crippen molar-refractivity contribution in [3.8, 4) is 11.4 Å². The summed E-state index contributed by atoms with van der Waals surface area (Å²) in [5.41, 5.74) is 2.45. The number of hydrogen-bond donors (Lipinski definition) is 3. The van der Waals surface area contributed by atoms with E-state index in [-0.39, 0.29) is 11.8 Å². The number of pyridine rings is 1. The Hall–Kier alpha value is -2.58. The maximum Gasteiger partial charge on any atom is 0.231 e. The first kappa shape index (κ1) is 19.7. The molecule has 2 aromatic rings. The molecule has 0 bridgehead atoms. The predicted octanol–water partition coefficient (Wildman–Crippen LogP) is 2.32. The summed E-state index contributed by atoms with van der Waals surface area (Å²) in [6, 6.07) is 5.75. The Kier molecular flexibility index (Phi) is 6.63. The van der Waals surface area contributed by atoms with Crippen LogP contribution < -0.4 is 16.0 Å². The summed E-state index contributed by atoms with van der Waals surface area (Å²) in [5.74, 6) is 0.886. The molecule has 4 rings (SSSR count). The van der Waals surface area contributed by atoms with Crippen molar-refractivity contribution in [2.45, 2.75) is 25.7 Å². The number of aromatic nitrogens is 3. The topological polar surface area (TPSA) is 101 Å². The van der Waals surface area contributed by atoms with Gasteiger partial charge in [0.05, 0.1) is 17.3 Å². The number of nitrogens with zero attached hydrogens (tertiary/aromatic N) is 3. The lowest BCUT2D eigenvalue weighted by atomic mass is 9.99. The average Bonchev–Trinajstić information content (AvgIpc) is 2.79. The number of nitrogens with one attached hydrogen (secondary N) is 3. The van der Waals surface area contributed by atoms with Crippen molar-refractivity contribution in [3.63, 3.8) is 0 Å². The molecule has 8 nitrogen and oxygen atoms in total. The van der Waals surface area contributed by atoms with E-state index in [1.54, 1.807) is 12.4 Å². The first-order chi connectivity index (χ1) is 14.3. The van der Waals surface area contributed by atoms with Crippen LogP contribution in [0.2, 0.25) is 0 Å². The van der Waals surface area contributed by atoms with Crippen molar-refractivity contribution in [1.29, 1.82) is 0 Å². The molecule has 2 aromatic heterocycles. The van der Waals surface area contributed by atoms with Gasteiger partial charge in [0.2, 0.25) is 11.9 Å². The molecule has 2 aliphatic rings. The molecule has 3 N–H and O–H groups in total. The number of carbonyl (C=O) groups excluding carboxylic acids is 1. The number of anilines is 2. The van der Waals surface area contributed by atoms with E-state index >= 15 is 0 Å². The molecule has 4 heterocycles. The van der Waals surface area contributed by atoms with Crippen LogP contribution in [-0.4, -0.2) is 53.7 Å². The van der Waals surface area contributed by atoms with E-state index in [1.807, 2.05) is 18.2 Å². The SMILES string of the molecule is O=C(Nc1nccc(-c2cc(NCC3CCOCC3)ccn2)n1)C1CCCNC1. The highest BCUT2D eigenvalue weighted by atomic mass is 16.5. The van der Waals surface area contributed by atoms with Gasteiger partial charge in [-0.1, -0.05) is 0 Å². The number of ether oxygens (including phenoxy) is 1. The highest BCUT2D eigenvalue weighted by Gasteiger charge is 2.21. The molecular weight excluding hydrogens is 368 g/mol. The third-order valence-corrected chi connectivity index (χ3v) is 5.52. The van der Waals surface area contributed by atoms with Crippen LogP contribution in [0, 0.1) is 11.8 Å². The first-order valence-corrected chi connectivity index (χ1v) is 10.4. The highest BCUT2D eigenvalue weighted by molar-refractivity contribution is 5.91. The second-order valence-corrected chi connectivity index (χ2v) is 7.66. The Bertz CT molecular complexity index is 818. The third kappa shape index (κ3) is 5.48. The van der Waals surface area contributed by atoms with Crippen molar-refractivity contribution in [1.82, 2.24) is 20.3 Å². The van der Waals surface area contributed by atoms with Gasteiger partial charge in [-0.25, -0.2) is 9.97 Å². The van der Waals surface area contributed by atoms with E-state index in [0.29, 0.717) is 24.1 Å². The van der Waals surface area contributed by atoms with E-state index in [9.17, 15) is 4.79 Å². The summed E-state index contributed by atoms with van der Waals surface area (Å²) in [6.45, 7) is 4.29. The Morgan fingerprint density at radius 3 is 2.83 bits per heavy atom. The summed E-state index contributed by atoms with van der Waals surface area (Å²) in [6.07, 6.45) is 7.51. The average molecular weight is 396 g/mol. The fourth-order valence-electron chi connectivity index (χ4n) is 3.74. The molecule has 0 radical (unpaired) electrons. The van der Waals surface area contributed by atoms with Crippen LogP contribution in [0.4, 0.5) is 11.6 Å². The quantitative estimate of drug-likeness (QED) is 0.689. The molecule has 0 spiro atoms. The van der Waals surface area contributed by atoms with Gasteiger partial charge < -0.3 is 15.4 Å². The second kappa shape index (κ2) is 9.76. The molecule has 1 atom stereocenters. The van der Waals surface area contributed by atoms with Gasteiger partial charge in [0, 0.05) is 44.4 Å². The van der Waals surface area contributed by atoms with E-state index in [0.717, 1.165) is 63.4 Å². The molecular formula is C21H28N6O2. The molecule has 1 unspecified atom stereocenters. The monoisotopic (exact) mass is 396 g/mol. The van der Waals surface area contributed by atoms with E-state index in [4.69, 9.17) is 4.74 Å². The Balaban J connectivity index is 1.40. The van der Waals surface area contributed by atoms with Crippen molar-refractivity contribution < 1.29 is 9.53 Å². The van der Waals surface area contributed by atoms with Gasteiger partial charge in [-0.15, -0.1) is 0 Å². The van der Waals surface area contributed by atoms with Gasteiger partial charge >= 0.3 is 0 Å². The summed E-state index contributed by atoms with van der Waals surface area (Å²) in [5, 5.41) is 9.60. The first-order valence-electron chi connectivity index (χ1n) is 10.4. The molecule has 154 valence electrons. The largest absolute Gasteiger partial charge is 0.385 e. The molecule has 8 heteroatoms. The van der Waals surface area contributed by atoms with Crippen LogP contribution >= 0.6 is 0 Å². The van der Waals surface area contributed by atoms with Crippen molar-refractivity contribution in [2.75, 3.05) is 43.5 Å². The highest BCUT2D eigenvalue weighted by Crippen LogP contribution is 2.21. The lowest BCUT2D eigenvalue weighted by Gasteiger charge is -2.22. The van der Waals surface area contributed by atoms with Gasteiger partial charge in [0.15, 0.2) is 0 Å². The Morgan fingerprint density at radius 2 is 2.00 bits per heavy atom. The molecule has 0 aromatic carbocycles. The van der Waals surface area contributed by atoms with E-state index < -0.39 is 0 Å². The van der Waals surface area contributed by atoms with Crippen LogP contribution in [0.15, 0.2) is 30.6 Å². The molecule has 0 aliphatic carbocycles. The van der Waals surface area contributed by atoms with Gasteiger partial charge in [-0.3, -0.25) is 15.1 Å². The van der Waals surface area contributed by atoms with Crippen LogP contribution in [-0.2, 0) is 9.53 Å². The van der Waals surface area contributed by atoms with Crippen LogP contribution in [0.25, 0.3) is 11.4 Å². The molecule has 29 heavy (non-hydrogen) atoms. The minimum absolute atomic E-state index is 0.0332. The smallest absolute Gasteiger partial charge is 0.231 e. The van der Waals surface area contributed by atoms with Gasteiger partial charge in [0.1, 0.15) is 0 Å². The number of amides is 1. The summed E-state index contributed by atoms with van der Waals surface area (Å²) in [4.78, 5) is 25.6. The normalized spacial score (nSPS) is 20.2. The second-order valence-electron chi connectivity index (χ2n) is 7.66. The van der Waals surface area contributed by atoms with Crippen LogP contribution in [0.3, 0.4) is 0 Å². The summed E-state index contributed by atoms with van der Waals surface area (Å²) >= 11 is 0. The number of carbonyl (C=O) groups is 1. The summed E-state index contributed by atoms with van der Waals surface area (Å²) < 4.78 is 5.42. The zero-order valence-corrected chi connectivity index (χ0v) is 16.6. The molecule has 2 fully saturated rings. The predicted molar refractivity (Wildman–Crippen MR) is 112 cm³/mol. The number of hydrogen-bond acceptors (Lipinski definition) is 7. The van der Waals surface area contributed by atoms with Gasteiger partial charge in [-0.2, -0.15) is 0 Å². The fraction of sp³-hybridized carbons (Fsp3) is 0.524. The Morgan fingerprint density at radius 1 is 1.14 bits per heavy atom. The minimum atomic E-state index is -0.0353. The standard InChI is InChI=1S/C21H28N6O2/c28-20(16-2-1-7-22-14-16)27-21-24-9-4-18(26-21)19-12-17(3-8-23-19)25-13-15-5-10-29-11-6-15/h3-4,8-9,12,15-16,22H,1-2,5-7,10-11,13-14H2,(H,23,25)(H,24,26,27,28). The Labute approximate surface area is 170 Å². The maximum atomic E-state index is 12.4. The fourth-order valence-corrected chi connectivity index (χ4v) is 3.74. The van der Waals surface area contributed by atoms with Crippen LogP contribution in [0.1, 0.15) is 25.7 Å². The molecule has 2 aliphatic heterocycles. The summed E-state index contributed by atoms with van der Waals surface area (Å²) in [7, 11) is 0. The van der Waals surface area contributed by atoms with Crippen molar-refractivity contribution >= 4 is 17.5 Å². The lowest BCUT2D eigenvalue weighted by Crippen LogP contribution is -2.37. The van der Waals surface area contributed by atoms with E-state index in [2.05, 4.69) is 30.9 Å². The van der Waals surface area contributed by atoms with Gasteiger partial charge in [0.25, 0.3) is 0 Å². The minimum Gasteiger partial charge on any atom is -0.385 e. The molecule has 2 saturated heterocycles. The van der Waals surface area contributed by atoms with E-state index in [1.165, 1.54) is 0 Å². The number of rotatable bonds is 6. The lowest BCUT2D eigenvalue weighted by molar-refractivity contribution is -0.120.